The molecule has 1 saturated heterocycles. The van der Waals surface area contributed by atoms with Gasteiger partial charge in [0.2, 0.25) is 0 Å². The number of esters is 1. The van der Waals surface area contributed by atoms with Crippen molar-refractivity contribution in [1.29, 1.82) is 0 Å². The first-order chi connectivity index (χ1) is 15.8. The van der Waals surface area contributed by atoms with Crippen molar-refractivity contribution in [3.8, 4) is 0 Å². The molecule has 0 bridgehead atoms. The number of amides is 1. The number of carbonyl (C=O) groups excluding carboxylic acids is 2. The SMILES string of the molecule is CCOC(=O)[C@@H]1C[C@H]1[C@@H]1C[C@@H](O[Si](C)(C)C(C)(C)C)CN1C(=O)OCc1ccc([N+](=O)[O-])cc1. The van der Waals surface area contributed by atoms with E-state index in [0.717, 1.165) is 0 Å². The van der Waals surface area contributed by atoms with Crippen molar-refractivity contribution in [2.75, 3.05) is 13.2 Å². The van der Waals surface area contributed by atoms with E-state index in [-0.39, 0.29) is 47.3 Å². The van der Waals surface area contributed by atoms with Gasteiger partial charge in [-0.05, 0) is 61.5 Å². The summed E-state index contributed by atoms with van der Waals surface area (Å²) in [6.07, 6.45) is 0.794. The van der Waals surface area contributed by atoms with E-state index in [1.807, 2.05) is 0 Å². The molecule has 1 aliphatic heterocycles. The molecule has 1 heterocycles. The predicted molar refractivity (Wildman–Crippen MR) is 129 cm³/mol. The zero-order chi connectivity index (χ0) is 25.3. The summed E-state index contributed by atoms with van der Waals surface area (Å²) in [6.45, 7) is 13.5. The van der Waals surface area contributed by atoms with Gasteiger partial charge in [0.1, 0.15) is 6.61 Å². The van der Waals surface area contributed by atoms with E-state index in [2.05, 4.69) is 33.9 Å². The molecule has 0 N–H and O–H groups in total. The molecule has 3 rings (SSSR count). The van der Waals surface area contributed by atoms with Gasteiger partial charge in [-0.2, -0.15) is 0 Å². The summed E-state index contributed by atoms with van der Waals surface area (Å²) in [7, 11) is -2.04. The molecule has 2 fully saturated rings. The van der Waals surface area contributed by atoms with Gasteiger partial charge in [-0.1, -0.05) is 20.8 Å². The van der Waals surface area contributed by atoms with Crippen LogP contribution in [0.15, 0.2) is 24.3 Å². The van der Waals surface area contributed by atoms with Crippen LogP contribution < -0.4 is 0 Å². The van der Waals surface area contributed by atoms with Gasteiger partial charge < -0.3 is 18.8 Å². The first kappa shape index (κ1) is 26.1. The van der Waals surface area contributed by atoms with Crippen LogP contribution in [0.4, 0.5) is 10.5 Å². The second-order valence-corrected chi connectivity index (χ2v) is 15.4. The minimum atomic E-state index is -2.04. The molecule has 1 saturated carbocycles. The van der Waals surface area contributed by atoms with Crippen molar-refractivity contribution < 1.29 is 28.4 Å². The average molecular weight is 493 g/mol. The van der Waals surface area contributed by atoms with Crippen LogP contribution in [0.3, 0.4) is 0 Å². The Labute approximate surface area is 202 Å². The van der Waals surface area contributed by atoms with E-state index in [0.29, 0.717) is 31.6 Å². The first-order valence-corrected chi connectivity index (χ1v) is 14.8. The van der Waals surface area contributed by atoms with Gasteiger partial charge in [0.05, 0.1) is 23.6 Å². The number of likely N-dealkylation sites (tertiary alicyclic amines) is 1. The fourth-order valence-electron chi connectivity index (χ4n) is 4.22. The van der Waals surface area contributed by atoms with Gasteiger partial charge in [0.25, 0.3) is 5.69 Å². The highest BCUT2D eigenvalue weighted by molar-refractivity contribution is 6.74. The Bertz CT molecular complexity index is 913. The predicted octanol–water partition coefficient (Wildman–Crippen LogP) is 4.90. The molecular weight excluding hydrogens is 456 g/mol. The molecule has 4 atom stereocenters. The molecule has 0 aromatic heterocycles. The lowest BCUT2D eigenvalue weighted by Gasteiger charge is -2.38. The van der Waals surface area contributed by atoms with E-state index < -0.39 is 19.3 Å². The molecular formula is C24H36N2O7Si. The summed E-state index contributed by atoms with van der Waals surface area (Å²) < 4.78 is 17.4. The first-order valence-electron chi connectivity index (χ1n) is 11.8. The summed E-state index contributed by atoms with van der Waals surface area (Å²) in [5, 5.41) is 10.9. The number of nitro benzene ring substituents is 1. The summed E-state index contributed by atoms with van der Waals surface area (Å²) in [6, 6.07) is 5.79. The minimum Gasteiger partial charge on any atom is -0.466 e. The number of carbonyl (C=O) groups is 2. The maximum absolute atomic E-state index is 13.1. The fourth-order valence-corrected chi connectivity index (χ4v) is 5.58. The van der Waals surface area contributed by atoms with E-state index in [1.165, 1.54) is 12.1 Å². The van der Waals surface area contributed by atoms with Crippen LogP contribution in [0.2, 0.25) is 18.1 Å². The lowest BCUT2D eigenvalue weighted by atomic mass is 10.1. The number of hydrogen-bond acceptors (Lipinski definition) is 7. The largest absolute Gasteiger partial charge is 0.466 e. The Morgan fingerprint density at radius 1 is 1.15 bits per heavy atom. The van der Waals surface area contributed by atoms with Crippen molar-refractivity contribution in [3.05, 3.63) is 39.9 Å². The second-order valence-electron chi connectivity index (χ2n) is 10.7. The van der Waals surface area contributed by atoms with Crippen molar-refractivity contribution >= 4 is 26.1 Å². The molecule has 10 heteroatoms. The molecule has 34 heavy (non-hydrogen) atoms. The van der Waals surface area contributed by atoms with Gasteiger partial charge >= 0.3 is 12.1 Å². The Morgan fingerprint density at radius 2 is 1.79 bits per heavy atom. The quantitative estimate of drug-likeness (QED) is 0.220. The number of ether oxygens (including phenoxy) is 2. The summed E-state index contributed by atoms with van der Waals surface area (Å²) in [5.41, 5.74) is 0.652. The molecule has 0 radical (unpaired) electrons. The zero-order valence-electron chi connectivity index (χ0n) is 20.9. The third-order valence-corrected chi connectivity index (χ3v) is 11.8. The molecule has 1 amide bonds. The van der Waals surface area contributed by atoms with Gasteiger partial charge in [-0.3, -0.25) is 14.9 Å². The average Bonchev–Trinajstić information content (AvgIpc) is 3.45. The fraction of sp³-hybridized carbons (Fsp3) is 0.667. The van der Waals surface area contributed by atoms with E-state index >= 15 is 0 Å². The number of non-ortho nitro benzene ring substituents is 1. The van der Waals surface area contributed by atoms with E-state index in [9.17, 15) is 19.7 Å². The van der Waals surface area contributed by atoms with Crippen LogP contribution in [-0.4, -0.2) is 55.5 Å². The summed E-state index contributed by atoms with van der Waals surface area (Å²) >= 11 is 0. The zero-order valence-corrected chi connectivity index (χ0v) is 21.9. The third kappa shape index (κ3) is 5.96. The molecule has 188 valence electrons. The highest BCUT2D eigenvalue weighted by Crippen LogP contribution is 2.48. The van der Waals surface area contributed by atoms with Crippen LogP contribution in [0.5, 0.6) is 0 Å². The molecule has 1 aromatic carbocycles. The molecule has 1 aliphatic carbocycles. The standard InChI is InChI=1S/C24H36N2O7Si/c1-7-31-22(27)20-13-19(20)21-12-18(33-34(5,6)24(2,3)4)14-25(21)23(28)32-15-16-8-10-17(11-9-16)26(29)30/h8-11,18-21H,7,12-15H2,1-6H3/t18-,19-,20-,21+/m1/s1. The Balaban J connectivity index is 1.69. The Hall–Kier alpha value is -2.46. The van der Waals surface area contributed by atoms with Crippen molar-refractivity contribution in [2.24, 2.45) is 11.8 Å². The van der Waals surface area contributed by atoms with Crippen LogP contribution in [0, 0.1) is 22.0 Å². The number of benzene rings is 1. The molecule has 2 aliphatic rings. The maximum atomic E-state index is 13.1. The maximum Gasteiger partial charge on any atom is 0.410 e. The lowest BCUT2D eigenvalue weighted by Crippen LogP contribution is -2.44. The van der Waals surface area contributed by atoms with Crippen LogP contribution in [0.25, 0.3) is 0 Å². The minimum absolute atomic E-state index is 0.0137. The van der Waals surface area contributed by atoms with Crippen LogP contribution in [-0.2, 0) is 25.3 Å². The summed E-state index contributed by atoms with van der Waals surface area (Å²) in [4.78, 5) is 37.4. The number of nitro groups is 1. The van der Waals surface area contributed by atoms with Crippen molar-refractivity contribution in [3.63, 3.8) is 0 Å². The Morgan fingerprint density at radius 3 is 2.35 bits per heavy atom. The molecule has 1 aromatic rings. The van der Waals surface area contributed by atoms with Crippen molar-refractivity contribution in [1.82, 2.24) is 4.90 Å². The normalized spacial score (nSPS) is 24.6. The van der Waals surface area contributed by atoms with Gasteiger partial charge in [0, 0.05) is 24.7 Å². The summed E-state index contributed by atoms with van der Waals surface area (Å²) in [5.74, 6) is -0.360. The number of nitrogens with zero attached hydrogens (tertiary/aromatic N) is 2. The Kier molecular flexibility index (Phi) is 7.71. The van der Waals surface area contributed by atoms with Crippen molar-refractivity contribution in [2.45, 2.75) is 77.4 Å². The number of hydrogen-bond donors (Lipinski definition) is 0. The lowest BCUT2D eigenvalue weighted by molar-refractivity contribution is -0.384. The van der Waals surface area contributed by atoms with Gasteiger partial charge in [-0.25, -0.2) is 4.79 Å². The monoisotopic (exact) mass is 492 g/mol. The second kappa shape index (κ2) is 10.0. The van der Waals surface area contributed by atoms with Gasteiger partial charge in [0.15, 0.2) is 8.32 Å². The molecule has 0 spiro atoms. The van der Waals surface area contributed by atoms with E-state index in [1.54, 1.807) is 24.0 Å². The van der Waals surface area contributed by atoms with Crippen LogP contribution >= 0.6 is 0 Å². The topological polar surface area (TPSA) is 108 Å². The highest BCUT2D eigenvalue weighted by atomic mass is 28.4. The van der Waals surface area contributed by atoms with Crippen LogP contribution in [0.1, 0.15) is 46.1 Å². The third-order valence-electron chi connectivity index (χ3n) is 7.24. The number of rotatable bonds is 8. The smallest absolute Gasteiger partial charge is 0.410 e. The highest BCUT2D eigenvalue weighted by Gasteiger charge is 2.55. The molecule has 0 unspecified atom stereocenters. The van der Waals surface area contributed by atoms with Gasteiger partial charge in [-0.15, -0.1) is 0 Å². The molecule has 9 nitrogen and oxygen atoms in total. The van der Waals surface area contributed by atoms with E-state index in [4.69, 9.17) is 13.9 Å².